The van der Waals surface area contributed by atoms with Gasteiger partial charge in [-0.25, -0.2) is 4.68 Å². The third kappa shape index (κ3) is 2.31. The first kappa shape index (κ1) is 15.5. The molecule has 8 nitrogen and oxygen atoms in total. The van der Waals surface area contributed by atoms with E-state index in [1.54, 1.807) is 23.1 Å². The topological polar surface area (TPSA) is 89.9 Å². The van der Waals surface area contributed by atoms with Crippen molar-refractivity contribution < 1.29 is 9.21 Å². The average molecular weight is 387 g/mol. The predicted octanol–water partition coefficient (Wildman–Crippen LogP) is 2.62. The number of hydrogen-bond acceptors (Lipinski definition) is 7. The molecule has 0 saturated carbocycles. The second-order valence-corrected chi connectivity index (χ2v) is 7.30. The van der Waals surface area contributed by atoms with Crippen LogP contribution in [-0.2, 0) is 11.3 Å². The molecule has 5 rings (SSSR count). The Labute approximate surface area is 156 Å². The maximum absolute atomic E-state index is 12.2. The highest BCUT2D eigenvalue weighted by molar-refractivity contribution is 7.15. The molecule has 0 bridgehead atoms. The van der Waals surface area contributed by atoms with Crippen LogP contribution in [0, 0.1) is 0 Å². The van der Waals surface area contributed by atoms with Gasteiger partial charge < -0.3 is 4.42 Å². The van der Waals surface area contributed by atoms with Crippen LogP contribution in [0.25, 0.3) is 11.0 Å². The van der Waals surface area contributed by atoms with Gasteiger partial charge in [-0.05, 0) is 24.3 Å². The third-order valence-electron chi connectivity index (χ3n) is 4.23. The van der Waals surface area contributed by atoms with Gasteiger partial charge in [-0.1, -0.05) is 28.7 Å². The Bertz CT molecular complexity index is 1090. The van der Waals surface area contributed by atoms with Crippen molar-refractivity contribution in [3.63, 3.8) is 0 Å². The lowest BCUT2D eigenvalue weighted by Gasteiger charge is -2.40. The summed E-state index contributed by atoms with van der Waals surface area (Å²) in [5, 5.41) is 17.2. The van der Waals surface area contributed by atoms with E-state index < -0.39 is 5.38 Å². The standard InChI is InChI=1S/C16H11ClN6O2S/c17-13-14(11-6-3-7-25-11)23(15(13)24)16-20-19-12(26-16)8-22-10-5-2-1-4-9(10)18-21-22/h1-7,13-14H,8H2. The van der Waals surface area contributed by atoms with Crippen molar-refractivity contribution in [2.75, 3.05) is 4.90 Å². The van der Waals surface area contributed by atoms with Crippen LogP contribution in [-0.4, -0.2) is 36.5 Å². The number of amides is 1. The fraction of sp³-hybridized carbons (Fsp3) is 0.188. The molecule has 1 amide bonds. The summed E-state index contributed by atoms with van der Waals surface area (Å²) in [5.41, 5.74) is 1.73. The molecule has 1 aliphatic rings. The van der Waals surface area contributed by atoms with Gasteiger partial charge in [-0.2, -0.15) is 0 Å². The Kier molecular flexibility index (Phi) is 3.50. The minimum atomic E-state index is -0.659. The summed E-state index contributed by atoms with van der Waals surface area (Å²) in [6.45, 7) is 0.427. The molecule has 2 unspecified atom stereocenters. The SMILES string of the molecule is O=C1C(Cl)C(c2ccco2)N1c1nnc(Cn2nnc3ccccc32)s1. The Morgan fingerprint density at radius 1 is 1.15 bits per heavy atom. The highest BCUT2D eigenvalue weighted by Crippen LogP contribution is 2.43. The molecule has 1 aliphatic heterocycles. The van der Waals surface area contributed by atoms with Gasteiger partial charge in [0.1, 0.15) is 27.7 Å². The minimum Gasteiger partial charge on any atom is -0.467 e. The molecule has 2 atom stereocenters. The second kappa shape index (κ2) is 5.89. The molecule has 4 aromatic rings. The Morgan fingerprint density at radius 2 is 2.04 bits per heavy atom. The summed E-state index contributed by atoms with van der Waals surface area (Å²) in [4.78, 5) is 13.8. The zero-order chi connectivity index (χ0) is 17.7. The number of fused-ring (bicyclic) bond motifs is 1. The maximum Gasteiger partial charge on any atom is 0.250 e. The number of aromatic nitrogens is 5. The van der Waals surface area contributed by atoms with E-state index in [-0.39, 0.29) is 11.9 Å². The van der Waals surface area contributed by atoms with Crippen LogP contribution in [0.4, 0.5) is 5.13 Å². The lowest BCUT2D eigenvalue weighted by molar-refractivity contribution is -0.124. The number of halogens is 1. The highest BCUT2D eigenvalue weighted by Gasteiger charge is 2.51. The van der Waals surface area contributed by atoms with Crippen molar-refractivity contribution in [2.45, 2.75) is 18.0 Å². The fourth-order valence-electron chi connectivity index (χ4n) is 2.97. The Balaban J connectivity index is 1.42. The quantitative estimate of drug-likeness (QED) is 0.395. The molecule has 26 heavy (non-hydrogen) atoms. The van der Waals surface area contributed by atoms with Crippen LogP contribution >= 0.6 is 22.9 Å². The number of hydrogen-bond donors (Lipinski definition) is 0. The molecule has 4 heterocycles. The molecule has 130 valence electrons. The summed E-state index contributed by atoms with van der Waals surface area (Å²) in [7, 11) is 0. The summed E-state index contributed by atoms with van der Waals surface area (Å²) < 4.78 is 7.16. The Morgan fingerprint density at radius 3 is 2.88 bits per heavy atom. The number of anilines is 1. The third-order valence-corrected chi connectivity index (χ3v) is 5.56. The molecule has 0 spiro atoms. The van der Waals surface area contributed by atoms with Gasteiger partial charge in [-0.15, -0.1) is 26.9 Å². The lowest BCUT2D eigenvalue weighted by atomic mass is 10.00. The minimum absolute atomic E-state index is 0.207. The van der Waals surface area contributed by atoms with Crippen molar-refractivity contribution in [2.24, 2.45) is 0 Å². The first-order chi connectivity index (χ1) is 12.7. The summed E-state index contributed by atoms with van der Waals surface area (Å²) in [6, 6.07) is 10.9. The van der Waals surface area contributed by atoms with Gasteiger partial charge in [0.25, 0.3) is 0 Å². The number of β-lactam (4-membered cyclic amide) rings is 1. The van der Waals surface area contributed by atoms with Crippen LogP contribution in [0.5, 0.6) is 0 Å². The molecule has 1 fully saturated rings. The molecule has 0 N–H and O–H groups in total. The van der Waals surface area contributed by atoms with Crippen LogP contribution in [0.2, 0.25) is 0 Å². The number of para-hydroxylation sites is 1. The normalized spacial score (nSPS) is 19.9. The van der Waals surface area contributed by atoms with Crippen molar-refractivity contribution in [3.05, 3.63) is 53.4 Å². The molecule has 1 saturated heterocycles. The van der Waals surface area contributed by atoms with Crippen LogP contribution in [0.1, 0.15) is 16.8 Å². The average Bonchev–Trinajstić information content (AvgIpc) is 3.41. The van der Waals surface area contributed by atoms with E-state index in [4.69, 9.17) is 16.0 Å². The second-order valence-electron chi connectivity index (χ2n) is 5.78. The highest BCUT2D eigenvalue weighted by atomic mass is 35.5. The van der Waals surface area contributed by atoms with Gasteiger partial charge in [0.2, 0.25) is 11.0 Å². The van der Waals surface area contributed by atoms with E-state index in [0.29, 0.717) is 17.4 Å². The number of carbonyl (C=O) groups is 1. The van der Waals surface area contributed by atoms with Crippen molar-refractivity contribution in [3.8, 4) is 0 Å². The smallest absolute Gasteiger partial charge is 0.250 e. The van der Waals surface area contributed by atoms with E-state index in [1.165, 1.54) is 16.2 Å². The molecule has 3 aromatic heterocycles. The van der Waals surface area contributed by atoms with Crippen LogP contribution in [0.15, 0.2) is 47.1 Å². The lowest BCUT2D eigenvalue weighted by Crippen LogP contribution is -2.56. The predicted molar refractivity (Wildman–Crippen MR) is 95.1 cm³/mol. The largest absolute Gasteiger partial charge is 0.467 e. The van der Waals surface area contributed by atoms with Gasteiger partial charge >= 0.3 is 0 Å². The number of rotatable bonds is 4. The van der Waals surface area contributed by atoms with Crippen LogP contribution < -0.4 is 4.90 Å². The van der Waals surface area contributed by atoms with E-state index in [0.717, 1.165) is 16.0 Å². The summed E-state index contributed by atoms with van der Waals surface area (Å²) in [5.74, 6) is 0.422. The summed E-state index contributed by atoms with van der Waals surface area (Å²) in [6.07, 6.45) is 1.56. The van der Waals surface area contributed by atoms with E-state index in [1.807, 2.05) is 24.3 Å². The first-order valence-electron chi connectivity index (χ1n) is 7.83. The van der Waals surface area contributed by atoms with Gasteiger partial charge in [0.05, 0.1) is 18.3 Å². The zero-order valence-electron chi connectivity index (χ0n) is 13.2. The van der Waals surface area contributed by atoms with E-state index in [2.05, 4.69) is 20.5 Å². The number of nitrogens with zero attached hydrogens (tertiary/aromatic N) is 6. The Hall–Kier alpha value is -2.78. The zero-order valence-corrected chi connectivity index (χ0v) is 14.8. The maximum atomic E-state index is 12.2. The van der Waals surface area contributed by atoms with Gasteiger partial charge in [0.15, 0.2) is 0 Å². The summed E-state index contributed by atoms with van der Waals surface area (Å²) >= 11 is 7.50. The molecular weight excluding hydrogens is 376 g/mol. The van der Waals surface area contributed by atoms with Gasteiger partial charge in [-0.3, -0.25) is 9.69 Å². The number of benzene rings is 1. The van der Waals surface area contributed by atoms with Crippen molar-refractivity contribution >= 4 is 45.0 Å². The molecular formula is C16H11ClN6O2S. The van der Waals surface area contributed by atoms with E-state index >= 15 is 0 Å². The molecule has 1 aromatic carbocycles. The van der Waals surface area contributed by atoms with Crippen LogP contribution in [0.3, 0.4) is 0 Å². The number of alkyl halides is 1. The van der Waals surface area contributed by atoms with Gasteiger partial charge in [0, 0.05) is 0 Å². The molecule has 0 radical (unpaired) electrons. The molecule has 0 aliphatic carbocycles. The van der Waals surface area contributed by atoms with Crippen molar-refractivity contribution in [1.29, 1.82) is 0 Å². The van der Waals surface area contributed by atoms with Crippen molar-refractivity contribution in [1.82, 2.24) is 25.2 Å². The molecule has 10 heteroatoms. The number of carbonyl (C=O) groups excluding carboxylic acids is 1. The monoisotopic (exact) mass is 386 g/mol. The first-order valence-corrected chi connectivity index (χ1v) is 9.09. The number of furan rings is 1. The van der Waals surface area contributed by atoms with E-state index in [9.17, 15) is 4.79 Å². The fourth-order valence-corrected chi connectivity index (χ4v) is 4.17.